The van der Waals surface area contributed by atoms with Crippen molar-refractivity contribution in [2.75, 3.05) is 0 Å². The maximum atomic E-state index is 13.2. The summed E-state index contributed by atoms with van der Waals surface area (Å²) in [6.07, 6.45) is 1.18. The summed E-state index contributed by atoms with van der Waals surface area (Å²) in [5.74, 6) is 0.291. The molecular weight excluding hydrogens is 497 g/mol. The van der Waals surface area contributed by atoms with Gasteiger partial charge < -0.3 is 12.5 Å². The zero-order valence-corrected chi connectivity index (χ0v) is 23.6. The molecule has 171 valence electrons. The summed E-state index contributed by atoms with van der Waals surface area (Å²) in [5, 5.41) is 16.0. The SMILES string of the molecule is CC.Cc1ccccc1-c1c(O)c(CC(C)C)nn(CCc2ccccc2Cl)c1=O.[CH3-].[Y]. The molecule has 0 aliphatic heterocycles. The number of hydrogen-bond acceptors (Lipinski definition) is 3. The van der Waals surface area contributed by atoms with Gasteiger partial charge in [-0.1, -0.05) is 81.8 Å². The van der Waals surface area contributed by atoms with Crippen LogP contribution in [0.15, 0.2) is 53.3 Å². The third kappa shape index (κ3) is 7.54. The van der Waals surface area contributed by atoms with Crippen molar-refractivity contribution >= 4 is 11.6 Å². The van der Waals surface area contributed by atoms with Gasteiger partial charge in [0.1, 0.15) is 5.69 Å². The van der Waals surface area contributed by atoms with E-state index in [2.05, 4.69) is 18.9 Å². The molecule has 1 radical (unpaired) electrons. The normalized spacial score (nSPS) is 9.97. The molecule has 1 heterocycles. The van der Waals surface area contributed by atoms with Crippen LogP contribution >= 0.6 is 11.6 Å². The van der Waals surface area contributed by atoms with E-state index in [0.717, 1.165) is 16.7 Å². The van der Waals surface area contributed by atoms with Crippen LogP contribution in [0.3, 0.4) is 0 Å². The Balaban J connectivity index is 0.00000234. The second-order valence-corrected chi connectivity index (χ2v) is 7.86. The van der Waals surface area contributed by atoms with Gasteiger partial charge in [0.2, 0.25) is 0 Å². The van der Waals surface area contributed by atoms with Gasteiger partial charge in [0.15, 0.2) is 5.75 Å². The van der Waals surface area contributed by atoms with Crippen LogP contribution in [0.5, 0.6) is 5.75 Å². The molecule has 4 nitrogen and oxygen atoms in total. The van der Waals surface area contributed by atoms with E-state index in [-0.39, 0.29) is 51.4 Å². The summed E-state index contributed by atoms with van der Waals surface area (Å²) in [6.45, 7) is 10.5. The third-order valence-electron chi connectivity index (χ3n) is 4.77. The van der Waals surface area contributed by atoms with Crippen molar-refractivity contribution < 1.29 is 37.8 Å². The quantitative estimate of drug-likeness (QED) is 0.370. The van der Waals surface area contributed by atoms with Crippen LogP contribution in [0.4, 0.5) is 0 Å². The molecule has 3 rings (SSSR count). The monoisotopic (exact) mass is 530 g/mol. The first-order chi connectivity index (χ1) is 14.4. The van der Waals surface area contributed by atoms with E-state index >= 15 is 0 Å². The van der Waals surface area contributed by atoms with Gasteiger partial charge in [-0.2, -0.15) is 5.10 Å². The number of aryl methyl sites for hydroxylation is 3. The average molecular weight is 531 g/mol. The predicted octanol–water partition coefficient (Wildman–Crippen LogP) is 6.49. The molecule has 0 saturated carbocycles. The van der Waals surface area contributed by atoms with E-state index in [4.69, 9.17) is 11.6 Å². The summed E-state index contributed by atoms with van der Waals surface area (Å²) in [6, 6.07) is 15.2. The Morgan fingerprint density at radius 3 is 2.25 bits per heavy atom. The van der Waals surface area contributed by atoms with Crippen molar-refractivity contribution in [1.82, 2.24) is 9.78 Å². The maximum Gasteiger partial charge on any atom is 0.278 e. The molecule has 0 atom stereocenters. The molecule has 0 unspecified atom stereocenters. The standard InChI is InChI=1S/C23H25ClN2O2.C2H6.CH3.Y/c1-15(2)14-20-22(27)21(18-10-6-4-8-16(18)3)23(28)26(25-20)13-12-17-9-5-7-11-19(17)24;1-2;;/h4-11,15,27H,12-14H2,1-3H3;1-2H3;1H3;/q;;-1;. The molecule has 2 aromatic carbocycles. The summed E-state index contributed by atoms with van der Waals surface area (Å²) < 4.78 is 1.46. The van der Waals surface area contributed by atoms with Gasteiger partial charge in [-0.25, -0.2) is 4.68 Å². The number of nitrogens with zero attached hydrogens (tertiary/aromatic N) is 2. The van der Waals surface area contributed by atoms with Crippen LogP contribution in [-0.4, -0.2) is 14.9 Å². The molecule has 32 heavy (non-hydrogen) atoms. The van der Waals surface area contributed by atoms with Crippen LogP contribution in [0, 0.1) is 20.3 Å². The second kappa shape index (κ2) is 14.6. The summed E-state index contributed by atoms with van der Waals surface area (Å²) in [4.78, 5) is 13.2. The van der Waals surface area contributed by atoms with E-state index in [1.807, 2.05) is 69.3 Å². The first-order valence-electron chi connectivity index (χ1n) is 10.5. The van der Waals surface area contributed by atoms with Gasteiger partial charge in [-0.15, -0.1) is 0 Å². The summed E-state index contributed by atoms with van der Waals surface area (Å²) in [7, 11) is 0. The van der Waals surface area contributed by atoms with Crippen molar-refractivity contribution in [3.8, 4) is 16.9 Å². The van der Waals surface area contributed by atoms with Crippen LogP contribution in [0.2, 0.25) is 5.02 Å². The Morgan fingerprint density at radius 1 is 1.06 bits per heavy atom. The minimum Gasteiger partial charge on any atom is -0.505 e. The minimum atomic E-state index is -0.286. The Bertz CT molecular complexity index is 1050. The Labute approximate surface area is 222 Å². The number of aromatic hydroxyl groups is 1. The first kappa shape index (κ1) is 30.5. The number of rotatable bonds is 6. The molecule has 0 aliphatic rings. The van der Waals surface area contributed by atoms with E-state index in [1.165, 1.54) is 4.68 Å². The molecule has 1 aromatic heterocycles. The third-order valence-corrected chi connectivity index (χ3v) is 5.14. The van der Waals surface area contributed by atoms with E-state index in [9.17, 15) is 9.90 Å². The van der Waals surface area contributed by atoms with E-state index in [1.54, 1.807) is 0 Å². The maximum absolute atomic E-state index is 13.2. The summed E-state index contributed by atoms with van der Waals surface area (Å²) in [5.41, 5.74) is 3.23. The molecular formula is C26H34ClN2O2Y-. The first-order valence-corrected chi connectivity index (χ1v) is 10.9. The number of benzene rings is 2. The molecule has 0 amide bonds. The molecule has 0 bridgehead atoms. The topological polar surface area (TPSA) is 55.1 Å². The van der Waals surface area contributed by atoms with Gasteiger partial charge in [0.05, 0.1) is 5.56 Å². The van der Waals surface area contributed by atoms with Crippen LogP contribution in [-0.2, 0) is 52.1 Å². The van der Waals surface area contributed by atoms with Crippen molar-refractivity contribution in [3.63, 3.8) is 0 Å². The predicted molar refractivity (Wildman–Crippen MR) is 132 cm³/mol. The average Bonchev–Trinajstić information content (AvgIpc) is 2.73. The number of hydrogen-bond donors (Lipinski definition) is 1. The Kier molecular flexibility index (Phi) is 13.9. The van der Waals surface area contributed by atoms with Gasteiger partial charge in [0, 0.05) is 44.3 Å². The number of halogens is 1. The molecule has 0 aliphatic carbocycles. The number of aromatic nitrogens is 2. The van der Waals surface area contributed by atoms with E-state index < -0.39 is 0 Å². The fraction of sp³-hybridized carbons (Fsp3) is 0.346. The largest absolute Gasteiger partial charge is 0.505 e. The zero-order chi connectivity index (χ0) is 22.3. The fourth-order valence-corrected chi connectivity index (χ4v) is 3.54. The van der Waals surface area contributed by atoms with Crippen LogP contribution in [0.25, 0.3) is 11.1 Å². The molecule has 0 fully saturated rings. The second-order valence-electron chi connectivity index (χ2n) is 7.45. The van der Waals surface area contributed by atoms with Gasteiger partial charge in [-0.3, -0.25) is 4.79 Å². The Hall–Kier alpha value is -1.49. The smallest absolute Gasteiger partial charge is 0.278 e. The van der Waals surface area contributed by atoms with Crippen LogP contribution in [0.1, 0.15) is 44.5 Å². The molecule has 0 spiro atoms. The van der Waals surface area contributed by atoms with Gasteiger partial charge in [0.25, 0.3) is 5.56 Å². The van der Waals surface area contributed by atoms with Crippen molar-refractivity contribution in [2.45, 2.75) is 54.0 Å². The van der Waals surface area contributed by atoms with Crippen LogP contribution < -0.4 is 5.56 Å². The molecule has 1 N–H and O–H groups in total. The van der Waals surface area contributed by atoms with Gasteiger partial charge >= 0.3 is 0 Å². The molecule has 6 heteroatoms. The molecule has 3 aromatic rings. The van der Waals surface area contributed by atoms with Crippen molar-refractivity contribution in [3.05, 3.63) is 88.2 Å². The van der Waals surface area contributed by atoms with Crippen molar-refractivity contribution in [1.29, 1.82) is 0 Å². The zero-order valence-electron chi connectivity index (χ0n) is 20.0. The molecule has 0 saturated heterocycles. The van der Waals surface area contributed by atoms with Gasteiger partial charge in [-0.05, 0) is 48.4 Å². The van der Waals surface area contributed by atoms with E-state index in [0.29, 0.717) is 41.6 Å². The minimum absolute atomic E-state index is 0. The van der Waals surface area contributed by atoms with Crippen molar-refractivity contribution in [2.24, 2.45) is 5.92 Å². The fourth-order valence-electron chi connectivity index (χ4n) is 3.31. The summed E-state index contributed by atoms with van der Waals surface area (Å²) >= 11 is 6.26. The Morgan fingerprint density at radius 2 is 1.66 bits per heavy atom.